The average molecular weight is 1040 g/mol. The number of allylic oxidation sites excluding steroid dienone is 18. The summed E-state index contributed by atoms with van der Waals surface area (Å²) in [4.78, 5) is 38.1. The summed E-state index contributed by atoms with van der Waals surface area (Å²) in [6.07, 6.45) is 85.4. The largest absolute Gasteiger partial charge is 0.462 e. The number of carbonyl (C=O) groups excluding carboxylic acids is 3. The van der Waals surface area contributed by atoms with E-state index in [0.717, 1.165) is 128 Å². The highest BCUT2D eigenvalue weighted by molar-refractivity contribution is 5.71. The molecule has 0 saturated heterocycles. The number of rotatable bonds is 56. The Balaban J connectivity index is 4.14. The van der Waals surface area contributed by atoms with Crippen LogP contribution >= 0.6 is 0 Å². The van der Waals surface area contributed by atoms with E-state index in [1.165, 1.54) is 122 Å². The van der Waals surface area contributed by atoms with Crippen molar-refractivity contribution in [2.24, 2.45) is 0 Å². The molecule has 0 saturated carbocycles. The van der Waals surface area contributed by atoms with Crippen LogP contribution in [0.4, 0.5) is 0 Å². The van der Waals surface area contributed by atoms with Crippen LogP contribution in [-0.4, -0.2) is 37.2 Å². The zero-order chi connectivity index (χ0) is 54.3. The Bertz CT molecular complexity index is 1520. The molecule has 0 radical (unpaired) electrons. The van der Waals surface area contributed by atoms with Crippen LogP contribution in [0.1, 0.15) is 290 Å². The zero-order valence-electron chi connectivity index (χ0n) is 49.0. The molecule has 0 rings (SSSR count). The van der Waals surface area contributed by atoms with Gasteiger partial charge >= 0.3 is 17.9 Å². The fourth-order valence-electron chi connectivity index (χ4n) is 8.57. The molecule has 0 spiro atoms. The predicted octanol–water partition coefficient (Wildman–Crippen LogP) is 21.4. The molecule has 6 nitrogen and oxygen atoms in total. The van der Waals surface area contributed by atoms with Crippen molar-refractivity contribution in [3.8, 4) is 0 Å². The summed E-state index contributed by atoms with van der Waals surface area (Å²) in [7, 11) is 0. The second-order valence-corrected chi connectivity index (χ2v) is 20.6. The van der Waals surface area contributed by atoms with Gasteiger partial charge < -0.3 is 14.2 Å². The summed E-state index contributed by atoms with van der Waals surface area (Å²) in [6, 6.07) is 0. The van der Waals surface area contributed by atoms with E-state index in [-0.39, 0.29) is 31.1 Å². The maximum atomic E-state index is 12.8. The lowest BCUT2D eigenvalue weighted by Gasteiger charge is -2.18. The second kappa shape index (κ2) is 62.6. The Morgan fingerprint density at radius 2 is 0.520 bits per heavy atom. The molecule has 0 bridgehead atoms. The fourth-order valence-corrected chi connectivity index (χ4v) is 8.57. The van der Waals surface area contributed by atoms with E-state index in [4.69, 9.17) is 14.2 Å². The van der Waals surface area contributed by atoms with E-state index in [1.54, 1.807) is 0 Å². The molecule has 0 aliphatic rings. The van der Waals surface area contributed by atoms with Crippen molar-refractivity contribution in [3.05, 3.63) is 109 Å². The van der Waals surface area contributed by atoms with Crippen molar-refractivity contribution >= 4 is 17.9 Å². The van der Waals surface area contributed by atoms with Crippen LogP contribution in [0.5, 0.6) is 0 Å². The molecule has 1 atom stereocenters. The molecule has 6 heteroatoms. The van der Waals surface area contributed by atoms with Gasteiger partial charge in [-0.15, -0.1) is 0 Å². The number of hydrogen-bond acceptors (Lipinski definition) is 6. The molecule has 0 fully saturated rings. The van der Waals surface area contributed by atoms with Crippen LogP contribution in [0.2, 0.25) is 0 Å². The van der Waals surface area contributed by atoms with Crippen molar-refractivity contribution in [3.63, 3.8) is 0 Å². The first-order valence-electron chi connectivity index (χ1n) is 31.4. The molecule has 0 aromatic carbocycles. The van der Waals surface area contributed by atoms with Gasteiger partial charge in [0.25, 0.3) is 0 Å². The third-order valence-electron chi connectivity index (χ3n) is 13.3. The van der Waals surface area contributed by atoms with Gasteiger partial charge in [0.05, 0.1) is 0 Å². The van der Waals surface area contributed by atoms with Crippen LogP contribution in [0.3, 0.4) is 0 Å². The summed E-state index contributed by atoms with van der Waals surface area (Å²) >= 11 is 0. The maximum Gasteiger partial charge on any atom is 0.306 e. The van der Waals surface area contributed by atoms with E-state index in [1.807, 2.05) is 0 Å². The minimum absolute atomic E-state index is 0.0825. The van der Waals surface area contributed by atoms with E-state index < -0.39 is 6.10 Å². The van der Waals surface area contributed by atoms with Gasteiger partial charge in [0.2, 0.25) is 0 Å². The smallest absolute Gasteiger partial charge is 0.306 e. The van der Waals surface area contributed by atoms with Gasteiger partial charge in [0.15, 0.2) is 6.10 Å². The van der Waals surface area contributed by atoms with Gasteiger partial charge in [-0.05, 0) is 109 Å². The highest BCUT2D eigenvalue weighted by Crippen LogP contribution is 2.15. The fraction of sp³-hybridized carbons (Fsp3) is 0.696. The number of unbranched alkanes of at least 4 members (excludes halogenated alkanes) is 27. The summed E-state index contributed by atoms with van der Waals surface area (Å²) < 4.78 is 16.8. The normalized spacial score (nSPS) is 12.8. The minimum atomic E-state index is -0.784. The molecule has 0 N–H and O–H groups in total. The van der Waals surface area contributed by atoms with Crippen molar-refractivity contribution in [1.29, 1.82) is 0 Å². The minimum Gasteiger partial charge on any atom is -0.462 e. The topological polar surface area (TPSA) is 78.9 Å². The van der Waals surface area contributed by atoms with Gasteiger partial charge in [-0.2, -0.15) is 0 Å². The number of carbonyl (C=O) groups is 3. The van der Waals surface area contributed by atoms with Crippen LogP contribution in [0.15, 0.2) is 109 Å². The molecule has 428 valence electrons. The van der Waals surface area contributed by atoms with Crippen molar-refractivity contribution in [2.75, 3.05) is 13.2 Å². The highest BCUT2D eigenvalue weighted by atomic mass is 16.6. The lowest BCUT2D eigenvalue weighted by Crippen LogP contribution is -2.30. The Morgan fingerprint density at radius 1 is 0.280 bits per heavy atom. The third kappa shape index (κ3) is 60.8. The average Bonchev–Trinajstić information content (AvgIpc) is 3.41. The summed E-state index contributed by atoms with van der Waals surface area (Å²) in [5.41, 5.74) is 0. The Hall–Kier alpha value is -3.93. The first-order valence-corrected chi connectivity index (χ1v) is 31.4. The van der Waals surface area contributed by atoms with Crippen LogP contribution in [0.25, 0.3) is 0 Å². The molecule has 0 aromatic heterocycles. The Morgan fingerprint density at radius 3 is 0.827 bits per heavy atom. The van der Waals surface area contributed by atoms with E-state index >= 15 is 0 Å². The Labute approximate surface area is 463 Å². The number of hydrogen-bond donors (Lipinski definition) is 0. The van der Waals surface area contributed by atoms with Gasteiger partial charge in [-0.1, -0.05) is 271 Å². The van der Waals surface area contributed by atoms with E-state index in [0.29, 0.717) is 19.3 Å². The third-order valence-corrected chi connectivity index (χ3v) is 13.3. The van der Waals surface area contributed by atoms with Crippen LogP contribution < -0.4 is 0 Å². The summed E-state index contributed by atoms with van der Waals surface area (Å²) in [6.45, 7) is 6.47. The number of ether oxygens (including phenoxy) is 3. The maximum absolute atomic E-state index is 12.8. The van der Waals surface area contributed by atoms with Gasteiger partial charge in [-0.3, -0.25) is 14.4 Å². The lowest BCUT2D eigenvalue weighted by molar-refractivity contribution is -0.167. The highest BCUT2D eigenvalue weighted by Gasteiger charge is 2.19. The molecular formula is C69H116O6. The SMILES string of the molecule is CC/C=C\C/C=C\C/C=C\C/C=C\C/C=C\C/C=C\C/C=C\CCCCCCCCCCCCCC(=O)OCC(COC(=O)CCCCCCCCCC)OC(=O)CCCCCCC/C=C\C/C=C\CCCCCC. The standard InChI is InChI=1S/C69H116O6/c1-4-7-10-13-16-19-21-23-25-27-28-29-30-31-32-33-34-35-36-37-38-39-40-41-42-43-45-46-48-50-53-56-59-62-68(71)74-65-66(64-73-67(70)61-58-55-52-18-15-12-9-6-3)75-69(72)63-60-57-54-51-49-47-44-26-24-22-20-17-14-11-8-5-2/h7,10,16,19-20,22-23,25-26,28-29,31-32,34-35,37-38,44,66H,4-6,8-9,11-15,17-18,21,24,27,30,33,36,39-43,45-65H2,1-3H3/b10-7-,19-16-,22-20-,25-23-,29-28-,32-31-,35-34-,38-37-,44-26-. The molecule has 0 heterocycles. The van der Waals surface area contributed by atoms with E-state index in [9.17, 15) is 14.4 Å². The molecule has 0 aliphatic heterocycles. The number of esters is 3. The monoisotopic (exact) mass is 1040 g/mol. The lowest BCUT2D eigenvalue weighted by atomic mass is 10.0. The molecular weight excluding hydrogens is 925 g/mol. The Kier molecular flexibility index (Phi) is 59.3. The van der Waals surface area contributed by atoms with E-state index in [2.05, 4.69) is 130 Å². The van der Waals surface area contributed by atoms with Crippen molar-refractivity contribution in [2.45, 2.75) is 297 Å². The second-order valence-electron chi connectivity index (χ2n) is 20.6. The van der Waals surface area contributed by atoms with Crippen LogP contribution in [-0.2, 0) is 28.6 Å². The summed E-state index contributed by atoms with van der Waals surface area (Å²) in [5, 5.41) is 0. The molecule has 0 aliphatic carbocycles. The molecule has 0 aromatic rings. The summed E-state index contributed by atoms with van der Waals surface area (Å²) in [5.74, 6) is -0.899. The van der Waals surface area contributed by atoms with Crippen LogP contribution in [0, 0.1) is 0 Å². The zero-order valence-corrected chi connectivity index (χ0v) is 49.0. The van der Waals surface area contributed by atoms with Crippen molar-refractivity contribution in [1.82, 2.24) is 0 Å². The predicted molar refractivity (Wildman–Crippen MR) is 325 cm³/mol. The van der Waals surface area contributed by atoms with Gasteiger partial charge in [-0.25, -0.2) is 0 Å². The molecule has 75 heavy (non-hydrogen) atoms. The molecule has 0 amide bonds. The molecule has 1 unspecified atom stereocenters. The first-order chi connectivity index (χ1) is 37.0. The van der Waals surface area contributed by atoms with Gasteiger partial charge in [0.1, 0.15) is 13.2 Å². The van der Waals surface area contributed by atoms with Gasteiger partial charge in [0, 0.05) is 19.3 Å². The first kappa shape index (κ1) is 71.1. The quantitative estimate of drug-likeness (QED) is 0.0261. The van der Waals surface area contributed by atoms with Crippen molar-refractivity contribution < 1.29 is 28.6 Å².